The van der Waals surface area contributed by atoms with Gasteiger partial charge in [-0.05, 0) is 28.3 Å². The summed E-state index contributed by atoms with van der Waals surface area (Å²) in [7, 11) is 0. The van der Waals surface area contributed by atoms with Crippen LogP contribution in [0.1, 0.15) is 26.1 Å². The summed E-state index contributed by atoms with van der Waals surface area (Å²) in [6, 6.07) is 0. The Hall–Kier alpha value is -0.640. The van der Waals surface area contributed by atoms with E-state index in [4.69, 9.17) is 0 Å². The highest BCUT2D eigenvalue weighted by atomic mass is 79.9. The fraction of sp³-hybridized carbons (Fsp3) is 0.556. The smallest absolute Gasteiger partial charge is 0.265 e. The van der Waals surface area contributed by atoms with Crippen LogP contribution in [0.15, 0.2) is 15.5 Å². The van der Waals surface area contributed by atoms with Crippen LogP contribution in [0, 0.1) is 5.92 Å². The molecular weight excluding hydrogens is 232 g/mol. The van der Waals surface area contributed by atoms with Gasteiger partial charge in [-0.1, -0.05) is 13.8 Å². The fourth-order valence-electron chi connectivity index (χ4n) is 0.969. The van der Waals surface area contributed by atoms with E-state index in [1.807, 2.05) is 0 Å². The maximum absolute atomic E-state index is 11.1. The van der Waals surface area contributed by atoms with Crippen molar-refractivity contribution in [3.8, 4) is 0 Å². The second-order valence-electron chi connectivity index (χ2n) is 3.44. The minimum atomic E-state index is -0.103. The molecule has 0 aliphatic heterocycles. The largest absolute Gasteiger partial charge is 0.310 e. The van der Waals surface area contributed by atoms with E-state index in [0.29, 0.717) is 10.4 Å². The van der Waals surface area contributed by atoms with Crippen LogP contribution >= 0.6 is 15.9 Å². The van der Waals surface area contributed by atoms with Gasteiger partial charge in [0.25, 0.3) is 5.56 Å². The number of H-pyrrole nitrogens is 1. The third-order valence-electron chi connectivity index (χ3n) is 1.77. The average molecular weight is 245 g/mol. The predicted molar refractivity (Wildman–Crippen MR) is 55.7 cm³/mol. The number of aromatic amines is 1. The van der Waals surface area contributed by atoms with Crippen molar-refractivity contribution in [2.75, 3.05) is 0 Å². The molecule has 0 unspecified atom stereocenters. The van der Waals surface area contributed by atoms with Gasteiger partial charge >= 0.3 is 0 Å². The molecule has 1 aromatic heterocycles. The molecule has 0 saturated carbocycles. The second kappa shape index (κ2) is 4.56. The zero-order chi connectivity index (χ0) is 9.84. The summed E-state index contributed by atoms with van der Waals surface area (Å²) >= 11 is 3.10. The maximum Gasteiger partial charge on any atom is 0.265 e. The van der Waals surface area contributed by atoms with Crippen LogP contribution in [-0.2, 0) is 6.42 Å². The lowest BCUT2D eigenvalue weighted by atomic mass is 10.1. The molecular formula is C9H13BrN2O. The normalized spacial score (nSPS) is 10.8. The first-order valence-corrected chi connectivity index (χ1v) is 5.12. The molecule has 0 radical (unpaired) electrons. The summed E-state index contributed by atoms with van der Waals surface area (Å²) in [5.41, 5.74) is -0.103. The number of rotatable bonds is 3. The highest BCUT2D eigenvalue weighted by molar-refractivity contribution is 9.10. The lowest BCUT2D eigenvalue weighted by molar-refractivity contribution is 0.573. The molecule has 0 bridgehead atoms. The molecule has 0 saturated heterocycles. The minimum Gasteiger partial charge on any atom is -0.310 e. The van der Waals surface area contributed by atoms with Crippen molar-refractivity contribution in [3.05, 3.63) is 26.8 Å². The van der Waals surface area contributed by atoms with Gasteiger partial charge in [0.15, 0.2) is 0 Å². The van der Waals surface area contributed by atoms with Crippen LogP contribution in [0.3, 0.4) is 0 Å². The molecule has 0 aromatic carbocycles. The van der Waals surface area contributed by atoms with Gasteiger partial charge in [0.1, 0.15) is 10.3 Å². The van der Waals surface area contributed by atoms with E-state index in [1.54, 1.807) is 6.20 Å². The van der Waals surface area contributed by atoms with E-state index in [0.717, 1.165) is 18.7 Å². The van der Waals surface area contributed by atoms with Crippen LogP contribution in [0.25, 0.3) is 0 Å². The lowest BCUT2D eigenvalue weighted by Crippen LogP contribution is -2.11. The van der Waals surface area contributed by atoms with Gasteiger partial charge in [0, 0.05) is 12.6 Å². The van der Waals surface area contributed by atoms with Gasteiger partial charge in [0.05, 0.1) is 0 Å². The van der Waals surface area contributed by atoms with Gasteiger partial charge in [-0.15, -0.1) is 0 Å². The number of nitrogens with zero attached hydrogens (tertiary/aromatic N) is 1. The monoisotopic (exact) mass is 244 g/mol. The summed E-state index contributed by atoms with van der Waals surface area (Å²) in [4.78, 5) is 18.0. The maximum atomic E-state index is 11.1. The van der Waals surface area contributed by atoms with E-state index in [-0.39, 0.29) is 5.56 Å². The van der Waals surface area contributed by atoms with Gasteiger partial charge in [-0.25, -0.2) is 4.98 Å². The standard InChI is InChI=1S/C9H13BrN2O/c1-6(2)3-4-8-11-5-7(10)9(13)12-8/h5-6H,3-4H2,1-2H3,(H,11,12,13). The highest BCUT2D eigenvalue weighted by Gasteiger charge is 2.00. The molecule has 0 fully saturated rings. The Morgan fingerprint density at radius 2 is 2.31 bits per heavy atom. The summed E-state index contributed by atoms with van der Waals surface area (Å²) < 4.78 is 0.487. The fourth-order valence-corrected chi connectivity index (χ4v) is 1.17. The Kier molecular flexibility index (Phi) is 3.66. The number of hydrogen-bond acceptors (Lipinski definition) is 2. The van der Waals surface area contributed by atoms with E-state index < -0.39 is 0 Å². The SMILES string of the molecule is CC(C)CCc1ncc(Br)c(=O)[nH]1. The third kappa shape index (κ3) is 3.30. The number of hydrogen-bond donors (Lipinski definition) is 1. The molecule has 0 aliphatic carbocycles. The molecule has 0 aliphatic rings. The summed E-state index contributed by atoms with van der Waals surface area (Å²) in [5, 5.41) is 0. The Morgan fingerprint density at radius 1 is 1.62 bits per heavy atom. The molecule has 72 valence electrons. The van der Waals surface area contributed by atoms with Crippen molar-refractivity contribution in [2.24, 2.45) is 5.92 Å². The summed E-state index contributed by atoms with van der Waals surface area (Å²) in [6.07, 6.45) is 3.43. The van der Waals surface area contributed by atoms with E-state index >= 15 is 0 Å². The first-order valence-electron chi connectivity index (χ1n) is 4.33. The van der Waals surface area contributed by atoms with Crippen LogP contribution in [0.5, 0.6) is 0 Å². The third-order valence-corrected chi connectivity index (χ3v) is 2.33. The van der Waals surface area contributed by atoms with Crippen molar-refractivity contribution in [1.29, 1.82) is 0 Å². The van der Waals surface area contributed by atoms with E-state index in [9.17, 15) is 4.79 Å². The van der Waals surface area contributed by atoms with E-state index in [2.05, 4.69) is 39.7 Å². The van der Waals surface area contributed by atoms with Crippen molar-refractivity contribution in [1.82, 2.24) is 9.97 Å². The molecule has 1 rings (SSSR count). The molecule has 1 N–H and O–H groups in total. The van der Waals surface area contributed by atoms with Crippen molar-refractivity contribution in [3.63, 3.8) is 0 Å². The Morgan fingerprint density at radius 3 is 2.85 bits per heavy atom. The second-order valence-corrected chi connectivity index (χ2v) is 4.29. The highest BCUT2D eigenvalue weighted by Crippen LogP contribution is 2.05. The lowest BCUT2D eigenvalue weighted by Gasteiger charge is -2.03. The van der Waals surface area contributed by atoms with Crippen molar-refractivity contribution < 1.29 is 0 Å². The molecule has 1 aromatic rings. The topological polar surface area (TPSA) is 45.8 Å². The van der Waals surface area contributed by atoms with E-state index in [1.165, 1.54) is 0 Å². The number of nitrogens with one attached hydrogen (secondary N) is 1. The van der Waals surface area contributed by atoms with Crippen LogP contribution < -0.4 is 5.56 Å². The van der Waals surface area contributed by atoms with Crippen LogP contribution in [-0.4, -0.2) is 9.97 Å². The van der Waals surface area contributed by atoms with Crippen LogP contribution in [0.4, 0.5) is 0 Å². The van der Waals surface area contributed by atoms with Gasteiger partial charge in [0.2, 0.25) is 0 Å². The first-order chi connectivity index (χ1) is 6.09. The quantitative estimate of drug-likeness (QED) is 0.886. The molecule has 4 heteroatoms. The van der Waals surface area contributed by atoms with Crippen LogP contribution in [0.2, 0.25) is 0 Å². The number of halogens is 1. The molecule has 0 spiro atoms. The van der Waals surface area contributed by atoms with Crippen molar-refractivity contribution in [2.45, 2.75) is 26.7 Å². The minimum absolute atomic E-state index is 0.103. The molecule has 1 heterocycles. The Labute approximate surface area is 85.7 Å². The summed E-state index contributed by atoms with van der Waals surface area (Å²) in [6.45, 7) is 4.30. The number of aryl methyl sites for hydroxylation is 1. The predicted octanol–water partition coefficient (Wildman–Crippen LogP) is 2.12. The molecule has 13 heavy (non-hydrogen) atoms. The molecule has 0 amide bonds. The Balaban J connectivity index is 2.69. The van der Waals surface area contributed by atoms with Gasteiger partial charge in [-0.2, -0.15) is 0 Å². The molecule has 0 atom stereocenters. The first kappa shape index (κ1) is 10.4. The van der Waals surface area contributed by atoms with Gasteiger partial charge < -0.3 is 4.98 Å². The number of aromatic nitrogens is 2. The van der Waals surface area contributed by atoms with Gasteiger partial charge in [-0.3, -0.25) is 4.79 Å². The molecule has 3 nitrogen and oxygen atoms in total. The zero-order valence-corrected chi connectivity index (χ0v) is 9.39. The van der Waals surface area contributed by atoms with Crippen molar-refractivity contribution >= 4 is 15.9 Å². The average Bonchev–Trinajstić information content (AvgIpc) is 2.07. The Bertz CT molecular complexity index is 333. The summed E-state index contributed by atoms with van der Waals surface area (Å²) in [5.74, 6) is 1.40. The zero-order valence-electron chi connectivity index (χ0n) is 7.80.